The molecule has 0 bridgehead atoms. The lowest BCUT2D eigenvalue weighted by Crippen LogP contribution is -2.11. The molecule has 0 saturated heterocycles. The normalized spacial score (nSPS) is 9.94. The molecule has 0 radical (unpaired) electrons. The molecule has 0 fully saturated rings. The number of nitrogens with zero attached hydrogens (tertiary/aromatic N) is 3. The van der Waals surface area contributed by atoms with E-state index in [1.807, 2.05) is 0 Å². The summed E-state index contributed by atoms with van der Waals surface area (Å²) in [6, 6.07) is 3.99. The number of carbonyl (C=O) groups excluding carboxylic acids is 1. The SMILES string of the molecule is C=CC(=O)Nc1cc(F)ccc1-n1cncn1. The maximum Gasteiger partial charge on any atom is 0.247 e. The lowest BCUT2D eigenvalue weighted by molar-refractivity contribution is -0.111. The van der Waals surface area contributed by atoms with Gasteiger partial charge in [-0.2, -0.15) is 5.10 Å². The monoisotopic (exact) mass is 232 g/mol. The van der Waals surface area contributed by atoms with Crippen LogP contribution in [0.4, 0.5) is 10.1 Å². The van der Waals surface area contributed by atoms with Crippen molar-refractivity contribution < 1.29 is 9.18 Å². The summed E-state index contributed by atoms with van der Waals surface area (Å²) in [5, 5.41) is 6.42. The number of benzene rings is 1. The number of aromatic nitrogens is 3. The highest BCUT2D eigenvalue weighted by atomic mass is 19.1. The molecule has 1 aromatic heterocycles. The summed E-state index contributed by atoms with van der Waals surface area (Å²) >= 11 is 0. The maximum atomic E-state index is 13.1. The van der Waals surface area contributed by atoms with Gasteiger partial charge in [-0.05, 0) is 24.3 Å². The van der Waals surface area contributed by atoms with E-state index >= 15 is 0 Å². The molecule has 0 aliphatic carbocycles. The molecule has 5 nitrogen and oxygen atoms in total. The molecular formula is C11H9FN4O. The molecule has 0 unspecified atom stereocenters. The van der Waals surface area contributed by atoms with E-state index in [0.29, 0.717) is 11.4 Å². The number of carbonyl (C=O) groups is 1. The van der Waals surface area contributed by atoms with Gasteiger partial charge in [0.1, 0.15) is 18.5 Å². The van der Waals surface area contributed by atoms with Crippen molar-refractivity contribution in [2.75, 3.05) is 5.32 Å². The third-order valence-corrected chi connectivity index (χ3v) is 2.07. The van der Waals surface area contributed by atoms with E-state index in [0.717, 1.165) is 6.08 Å². The van der Waals surface area contributed by atoms with Crippen LogP contribution in [0, 0.1) is 5.82 Å². The molecule has 86 valence electrons. The van der Waals surface area contributed by atoms with Gasteiger partial charge in [0.25, 0.3) is 0 Å². The number of halogens is 1. The summed E-state index contributed by atoms with van der Waals surface area (Å²) in [5.41, 5.74) is 0.833. The van der Waals surface area contributed by atoms with Crippen molar-refractivity contribution in [3.8, 4) is 5.69 Å². The topological polar surface area (TPSA) is 59.8 Å². The minimum atomic E-state index is -0.451. The Morgan fingerprint density at radius 2 is 2.35 bits per heavy atom. The van der Waals surface area contributed by atoms with Crippen LogP contribution >= 0.6 is 0 Å². The second kappa shape index (κ2) is 4.56. The minimum absolute atomic E-state index is 0.306. The highest BCUT2D eigenvalue weighted by molar-refractivity contribution is 6.00. The second-order valence-corrected chi connectivity index (χ2v) is 3.19. The van der Waals surface area contributed by atoms with Crippen LogP contribution in [-0.4, -0.2) is 20.7 Å². The van der Waals surface area contributed by atoms with E-state index in [1.54, 1.807) is 0 Å². The van der Waals surface area contributed by atoms with Gasteiger partial charge in [-0.3, -0.25) is 4.79 Å². The Hall–Kier alpha value is -2.50. The molecule has 1 aromatic carbocycles. The maximum absolute atomic E-state index is 13.1. The average Bonchev–Trinajstić information content (AvgIpc) is 2.82. The number of nitrogens with one attached hydrogen (secondary N) is 1. The smallest absolute Gasteiger partial charge is 0.247 e. The molecule has 0 aliphatic rings. The zero-order chi connectivity index (χ0) is 12.3. The summed E-state index contributed by atoms with van der Waals surface area (Å²) < 4.78 is 14.5. The lowest BCUT2D eigenvalue weighted by atomic mass is 10.2. The molecule has 6 heteroatoms. The Morgan fingerprint density at radius 3 is 3.00 bits per heavy atom. The summed E-state index contributed by atoms with van der Waals surface area (Å²) in [7, 11) is 0. The molecule has 1 amide bonds. The van der Waals surface area contributed by atoms with Crippen molar-refractivity contribution >= 4 is 11.6 Å². The first-order chi connectivity index (χ1) is 8.20. The van der Waals surface area contributed by atoms with Crippen molar-refractivity contribution in [3.05, 3.63) is 49.3 Å². The fourth-order valence-electron chi connectivity index (χ4n) is 1.32. The number of rotatable bonds is 3. The van der Waals surface area contributed by atoms with E-state index in [1.165, 1.54) is 35.5 Å². The van der Waals surface area contributed by atoms with Gasteiger partial charge in [0.15, 0.2) is 0 Å². The number of hydrogen-bond donors (Lipinski definition) is 1. The molecule has 0 spiro atoms. The van der Waals surface area contributed by atoms with Crippen molar-refractivity contribution in [3.63, 3.8) is 0 Å². The van der Waals surface area contributed by atoms with Crippen LogP contribution in [0.5, 0.6) is 0 Å². The summed E-state index contributed by atoms with van der Waals surface area (Å²) in [6.07, 6.45) is 3.91. The summed E-state index contributed by atoms with van der Waals surface area (Å²) in [4.78, 5) is 15.0. The Labute approximate surface area is 96.6 Å². The molecule has 2 aromatic rings. The summed E-state index contributed by atoms with van der Waals surface area (Å²) in [6.45, 7) is 3.33. The van der Waals surface area contributed by atoms with E-state index < -0.39 is 11.7 Å². The molecule has 1 heterocycles. The van der Waals surface area contributed by atoms with Crippen LogP contribution < -0.4 is 5.32 Å². The summed E-state index contributed by atoms with van der Waals surface area (Å²) in [5.74, 6) is -0.870. The molecule has 0 aliphatic heterocycles. The van der Waals surface area contributed by atoms with Crippen molar-refractivity contribution in [1.29, 1.82) is 0 Å². The van der Waals surface area contributed by atoms with Crippen molar-refractivity contribution in [2.24, 2.45) is 0 Å². The molecular weight excluding hydrogens is 223 g/mol. The molecule has 1 N–H and O–H groups in total. The average molecular weight is 232 g/mol. The predicted molar refractivity (Wildman–Crippen MR) is 60.1 cm³/mol. The molecule has 17 heavy (non-hydrogen) atoms. The van der Waals surface area contributed by atoms with Gasteiger partial charge < -0.3 is 5.32 Å². The third-order valence-electron chi connectivity index (χ3n) is 2.07. The van der Waals surface area contributed by atoms with Crippen LogP contribution in [0.25, 0.3) is 5.69 Å². The van der Waals surface area contributed by atoms with Gasteiger partial charge in [-0.1, -0.05) is 6.58 Å². The quantitative estimate of drug-likeness (QED) is 0.816. The van der Waals surface area contributed by atoms with Crippen LogP contribution in [0.3, 0.4) is 0 Å². The number of amides is 1. The largest absolute Gasteiger partial charge is 0.321 e. The number of anilines is 1. The first-order valence-electron chi connectivity index (χ1n) is 4.78. The van der Waals surface area contributed by atoms with Gasteiger partial charge in [-0.25, -0.2) is 14.1 Å². The Bertz CT molecular complexity index is 551. The fraction of sp³-hybridized carbons (Fsp3) is 0. The van der Waals surface area contributed by atoms with Crippen LogP contribution in [0.15, 0.2) is 43.5 Å². The fourth-order valence-corrected chi connectivity index (χ4v) is 1.32. The number of hydrogen-bond acceptors (Lipinski definition) is 3. The van der Waals surface area contributed by atoms with Crippen LogP contribution in [0.1, 0.15) is 0 Å². The second-order valence-electron chi connectivity index (χ2n) is 3.19. The standard InChI is InChI=1S/C11H9FN4O/c1-2-11(17)15-9-5-8(12)3-4-10(9)16-7-13-6-14-16/h2-7H,1H2,(H,15,17). The van der Waals surface area contributed by atoms with E-state index in [2.05, 4.69) is 22.0 Å². The van der Waals surface area contributed by atoms with Crippen LogP contribution in [0.2, 0.25) is 0 Å². The van der Waals surface area contributed by atoms with Crippen molar-refractivity contribution in [1.82, 2.24) is 14.8 Å². The zero-order valence-electron chi connectivity index (χ0n) is 8.80. The van der Waals surface area contributed by atoms with E-state index in [4.69, 9.17) is 0 Å². The molecule has 0 saturated carbocycles. The Morgan fingerprint density at radius 1 is 1.53 bits per heavy atom. The van der Waals surface area contributed by atoms with Gasteiger partial charge >= 0.3 is 0 Å². The first kappa shape index (κ1) is 11.0. The Kier molecular flexibility index (Phi) is 2.95. The van der Waals surface area contributed by atoms with Gasteiger partial charge in [0.05, 0.1) is 11.4 Å². The van der Waals surface area contributed by atoms with Gasteiger partial charge in [0.2, 0.25) is 5.91 Å². The molecule has 0 atom stereocenters. The van der Waals surface area contributed by atoms with Crippen molar-refractivity contribution in [2.45, 2.75) is 0 Å². The highest BCUT2D eigenvalue weighted by Crippen LogP contribution is 2.20. The van der Waals surface area contributed by atoms with Crippen LogP contribution in [-0.2, 0) is 4.79 Å². The lowest BCUT2D eigenvalue weighted by Gasteiger charge is -2.09. The molecule has 2 rings (SSSR count). The first-order valence-corrected chi connectivity index (χ1v) is 4.78. The van der Waals surface area contributed by atoms with Gasteiger partial charge in [-0.15, -0.1) is 0 Å². The third kappa shape index (κ3) is 2.36. The van der Waals surface area contributed by atoms with E-state index in [9.17, 15) is 9.18 Å². The predicted octanol–water partition coefficient (Wildman–Crippen LogP) is 1.53. The van der Waals surface area contributed by atoms with E-state index in [-0.39, 0.29) is 0 Å². The highest BCUT2D eigenvalue weighted by Gasteiger charge is 2.08. The Balaban J connectivity index is 2.44. The minimum Gasteiger partial charge on any atom is -0.321 e. The zero-order valence-corrected chi connectivity index (χ0v) is 8.80. The van der Waals surface area contributed by atoms with Gasteiger partial charge in [0, 0.05) is 0 Å².